The van der Waals surface area contributed by atoms with E-state index >= 15 is 0 Å². The molecule has 0 radical (unpaired) electrons. The second kappa shape index (κ2) is 8.67. The minimum Gasteiger partial charge on any atom is -0.508 e. The molecule has 0 heterocycles. The predicted octanol–water partition coefficient (Wildman–Crippen LogP) is 3.55. The lowest BCUT2D eigenvalue weighted by atomic mass is 10.1. The van der Waals surface area contributed by atoms with Gasteiger partial charge in [-0.2, -0.15) is 21.6 Å². The Morgan fingerprint density at radius 2 is 1.41 bits per heavy atom. The standard InChI is InChI=1S/C9H7F3O4S.C8H8O2/c1-6-4-7(5-13)2-3-8(6)16-17(14,15)9(10,11)12;1-6-4-7(5-9)2-3-8(6)10/h2-5H,1H3;2-5,10H,1H3. The maximum Gasteiger partial charge on any atom is 0.534 e. The molecule has 0 aliphatic carbocycles. The maximum atomic E-state index is 12.0. The van der Waals surface area contributed by atoms with Crippen LogP contribution in [0.3, 0.4) is 0 Å². The molecule has 0 bridgehead atoms. The van der Waals surface area contributed by atoms with E-state index in [2.05, 4.69) is 4.18 Å². The summed E-state index contributed by atoms with van der Waals surface area (Å²) in [6, 6.07) is 8.09. The van der Waals surface area contributed by atoms with Crippen molar-refractivity contribution in [3.05, 3.63) is 58.7 Å². The Balaban J connectivity index is 0.000000309. The highest BCUT2D eigenvalue weighted by atomic mass is 32.2. The van der Waals surface area contributed by atoms with Crippen molar-refractivity contribution < 1.29 is 40.5 Å². The van der Waals surface area contributed by atoms with Gasteiger partial charge < -0.3 is 9.29 Å². The number of rotatable bonds is 4. The molecule has 0 fully saturated rings. The molecule has 1 N–H and O–H groups in total. The second-order valence-electron chi connectivity index (χ2n) is 5.29. The van der Waals surface area contributed by atoms with E-state index in [4.69, 9.17) is 5.11 Å². The van der Waals surface area contributed by atoms with Crippen LogP contribution >= 0.6 is 0 Å². The van der Waals surface area contributed by atoms with Crippen LogP contribution in [0.4, 0.5) is 13.2 Å². The first-order valence-corrected chi connectivity index (χ1v) is 8.63. The summed E-state index contributed by atoms with van der Waals surface area (Å²) in [7, 11) is -5.68. The number of carbonyl (C=O) groups is 2. The normalized spacial score (nSPS) is 11.1. The van der Waals surface area contributed by atoms with Crippen molar-refractivity contribution in [3.8, 4) is 11.5 Å². The lowest BCUT2D eigenvalue weighted by molar-refractivity contribution is -0.0500. The van der Waals surface area contributed by atoms with Gasteiger partial charge in [-0.1, -0.05) is 0 Å². The maximum absolute atomic E-state index is 12.0. The first kappa shape index (κ1) is 22.2. The highest BCUT2D eigenvalue weighted by Crippen LogP contribution is 2.28. The highest BCUT2D eigenvalue weighted by Gasteiger charge is 2.48. The summed E-state index contributed by atoms with van der Waals surface area (Å²) in [6.07, 6.45) is 1.24. The Bertz CT molecular complexity index is 936. The molecule has 2 aromatic carbocycles. The van der Waals surface area contributed by atoms with E-state index in [1.165, 1.54) is 19.1 Å². The number of aromatic hydroxyl groups is 1. The summed E-state index contributed by atoms with van der Waals surface area (Å²) in [5.41, 5.74) is -3.84. The van der Waals surface area contributed by atoms with Crippen LogP contribution in [-0.4, -0.2) is 31.6 Å². The van der Waals surface area contributed by atoms with Gasteiger partial charge in [-0.05, 0) is 61.4 Å². The molecule has 0 atom stereocenters. The Kier molecular flexibility index (Phi) is 7.12. The van der Waals surface area contributed by atoms with Gasteiger partial charge in [0.05, 0.1) is 0 Å². The first-order chi connectivity index (χ1) is 12.4. The van der Waals surface area contributed by atoms with E-state index in [-0.39, 0.29) is 16.9 Å². The van der Waals surface area contributed by atoms with Crippen molar-refractivity contribution in [3.63, 3.8) is 0 Å². The summed E-state index contributed by atoms with van der Waals surface area (Å²) in [5.74, 6) is -0.237. The smallest absolute Gasteiger partial charge is 0.508 e. The van der Waals surface area contributed by atoms with Crippen molar-refractivity contribution in [1.82, 2.24) is 0 Å². The zero-order valence-electron chi connectivity index (χ0n) is 14.1. The lowest BCUT2D eigenvalue weighted by Gasteiger charge is -2.11. The summed E-state index contributed by atoms with van der Waals surface area (Å²) in [5, 5.41) is 9.02. The van der Waals surface area contributed by atoms with Gasteiger partial charge >= 0.3 is 15.6 Å². The van der Waals surface area contributed by atoms with E-state index in [0.717, 1.165) is 24.0 Å². The quantitative estimate of drug-likeness (QED) is 0.476. The zero-order chi connectivity index (χ0) is 20.8. The number of hydrogen-bond acceptors (Lipinski definition) is 6. The van der Waals surface area contributed by atoms with E-state index < -0.39 is 21.4 Å². The molecule has 0 amide bonds. The van der Waals surface area contributed by atoms with E-state index in [1.54, 1.807) is 19.1 Å². The third-order valence-electron chi connectivity index (χ3n) is 3.17. The number of alkyl halides is 3. The number of benzene rings is 2. The molecule has 146 valence electrons. The van der Waals surface area contributed by atoms with Gasteiger partial charge in [0.1, 0.15) is 24.1 Å². The van der Waals surface area contributed by atoms with E-state index in [1.807, 2.05) is 0 Å². The van der Waals surface area contributed by atoms with Crippen LogP contribution in [0, 0.1) is 13.8 Å². The molecule has 0 aliphatic heterocycles. The molecular formula is C17H15F3O6S. The molecule has 27 heavy (non-hydrogen) atoms. The first-order valence-electron chi connectivity index (χ1n) is 7.22. The number of hydrogen-bond donors (Lipinski definition) is 1. The van der Waals surface area contributed by atoms with Gasteiger partial charge in [-0.3, -0.25) is 9.59 Å². The van der Waals surface area contributed by atoms with E-state index in [0.29, 0.717) is 11.8 Å². The molecule has 2 aromatic rings. The Hall–Kier alpha value is -2.88. The molecule has 0 aliphatic rings. The van der Waals surface area contributed by atoms with Crippen molar-refractivity contribution in [1.29, 1.82) is 0 Å². The fourth-order valence-electron chi connectivity index (χ4n) is 1.76. The van der Waals surface area contributed by atoms with Gasteiger partial charge in [0, 0.05) is 11.1 Å². The second-order valence-corrected chi connectivity index (χ2v) is 6.83. The van der Waals surface area contributed by atoms with Crippen molar-refractivity contribution >= 4 is 22.7 Å². The largest absolute Gasteiger partial charge is 0.534 e. The van der Waals surface area contributed by atoms with Crippen LogP contribution < -0.4 is 4.18 Å². The predicted molar refractivity (Wildman–Crippen MR) is 90.4 cm³/mol. The monoisotopic (exact) mass is 404 g/mol. The molecule has 0 saturated heterocycles. The third-order valence-corrected chi connectivity index (χ3v) is 4.14. The lowest BCUT2D eigenvalue weighted by Crippen LogP contribution is -2.28. The Morgan fingerprint density at radius 1 is 0.926 bits per heavy atom. The molecule has 0 spiro atoms. The fraction of sp³-hybridized carbons (Fsp3) is 0.176. The fourth-order valence-corrected chi connectivity index (χ4v) is 2.27. The number of aryl methyl sites for hydroxylation is 2. The number of aldehydes is 2. The average Bonchev–Trinajstić information content (AvgIpc) is 2.58. The minimum atomic E-state index is -5.68. The van der Waals surface area contributed by atoms with Crippen molar-refractivity contribution in [2.75, 3.05) is 0 Å². The highest BCUT2D eigenvalue weighted by molar-refractivity contribution is 7.88. The Morgan fingerprint density at radius 3 is 1.81 bits per heavy atom. The summed E-state index contributed by atoms with van der Waals surface area (Å²) in [6.45, 7) is 3.08. The van der Waals surface area contributed by atoms with Crippen LogP contribution in [0.25, 0.3) is 0 Å². The Labute approximate surface area is 153 Å². The molecule has 10 heteroatoms. The van der Waals surface area contributed by atoms with Crippen LogP contribution in [-0.2, 0) is 10.1 Å². The SMILES string of the molecule is Cc1cc(C=O)ccc1O.Cc1cc(C=O)ccc1OS(=O)(=O)C(F)(F)F. The molecule has 6 nitrogen and oxygen atoms in total. The molecular weight excluding hydrogens is 389 g/mol. The van der Waals surface area contributed by atoms with Gasteiger partial charge in [0.15, 0.2) is 0 Å². The molecule has 0 unspecified atom stereocenters. The average molecular weight is 404 g/mol. The van der Waals surface area contributed by atoms with E-state index in [9.17, 15) is 31.2 Å². The number of halogens is 3. The van der Waals surface area contributed by atoms with Crippen LogP contribution in [0.15, 0.2) is 36.4 Å². The molecule has 0 aromatic heterocycles. The summed E-state index contributed by atoms with van der Waals surface area (Å²) in [4.78, 5) is 20.6. The topological polar surface area (TPSA) is 97.7 Å². The van der Waals surface area contributed by atoms with Gasteiger partial charge in [0.2, 0.25) is 0 Å². The molecule has 0 saturated carbocycles. The summed E-state index contributed by atoms with van der Waals surface area (Å²) >= 11 is 0. The third kappa shape index (κ3) is 6.10. The minimum absolute atomic E-state index is 0.113. The van der Waals surface area contributed by atoms with Gasteiger partial charge in [-0.15, -0.1) is 0 Å². The van der Waals surface area contributed by atoms with Crippen LogP contribution in [0.2, 0.25) is 0 Å². The number of carbonyl (C=O) groups excluding carboxylic acids is 2. The van der Waals surface area contributed by atoms with Crippen LogP contribution in [0.1, 0.15) is 31.8 Å². The van der Waals surface area contributed by atoms with Gasteiger partial charge in [0.25, 0.3) is 0 Å². The number of phenols is 1. The summed E-state index contributed by atoms with van der Waals surface area (Å²) < 4.78 is 61.4. The van der Waals surface area contributed by atoms with Gasteiger partial charge in [-0.25, -0.2) is 0 Å². The van der Waals surface area contributed by atoms with Crippen molar-refractivity contribution in [2.45, 2.75) is 19.4 Å². The number of phenolic OH excluding ortho intramolecular Hbond substituents is 1. The zero-order valence-corrected chi connectivity index (χ0v) is 15.0. The van der Waals surface area contributed by atoms with Crippen LogP contribution in [0.5, 0.6) is 11.5 Å². The van der Waals surface area contributed by atoms with Crippen molar-refractivity contribution in [2.24, 2.45) is 0 Å². The molecule has 2 rings (SSSR count).